The third-order valence-electron chi connectivity index (χ3n) is 1.86. The molecule has 6 nitrogen and oxygen atoms in total. The quantitative estimate of drug-likeness (QED) is 0.480. The summed E-state index contributed by atoms with van der Waals surface area (Å²) >= 11 is 3.23. The minimum atomic E-state index is -1.05. The first kappa shape index (κ1) is 14.2. The number of rotatable bonds is 2. The summed E-state index contributed by atoms with van der Waals surface area (Å²) in [5.74, 6) is -2.60. The topological polar surface area (TPSA) is 84.5 Å². The molecule has 1 aromatic rings. The van der Waals surface area contributed by atoms with Crippen molar-refractivity contribution in [3.8, 4) is 0 Å². The van der Waals surface area contributed by atoms with Crippen LogP contribution >= 0.6 is 15.9 Å². The molecule has 0 unspecified atom stereocenters. The zero-order valence-corrected chi connectivity index (χ0v) is 11.1. The number of esters is 1. The Bertz CT molecular complexity index is 459. The van der Waals surface area contributed by atoms with Crippen LogP contribution in [0.2, 0.25) is 0 Å². The van der Waals surface area contributed by atoms with E-state index in [0.717, 1.165) is 4.47 Å². The number of hydrogen-bond donors (Lipinski definition) is 2. The lowest BCUT2D eigenvalue weighted by atomic mass is 10.2. The first-order valence-electron chi connectivity index (χ1n) is 5.07. The molecule has 0 radical (unpaired) electrons. The number of ether oxygens (including phenoxy) is 1. The molecule has 0 aromatic heterocycles. The van der Waals surface area contributed by atoms with Gasteiger partial charge in [0.2, 0.25) is 0 Å². The highest BCUT2D eigenvalue weighted by molar-refractivity contribution is 9.10. The normalized spacial score (nSPS) is 9.44. The van der Waals surface area contributed by atoms with E-state index in [0.29, 0.717) is 5.56 Å². The number of hydrazine groups is 1. The average Bonchev–Trinajstić information content (AvgIpc) is 2.36. The second-order valence-corrected chi connectivity index (χ2v) is 4.05. The second-order valence-electron chi connectivity index (χ2n) is 3.14. The summed E-state index contributed by atoms with van der Waals surface area (Å²) < 4.78 is 5.28. The van der Waals surface area contributed by atoms with E-state index in [-0.39, 0.29) is 6.61 Å². The predicted octanol–water partition coefficient (Wildman–Crippen LogP) is 0.773. The Hall–Kier alpha value is -1.89. The fourth-order valence-electron chi connectivity index (χ4n) is 1.03. The lowest BCUT2D eigenvalue weighted by Crippen LogP contribution is -2.45. The average molecular weight is 315 g/mol. The fraction of sp³-hybridized carbons (Fsp3) is 0.182. The number of carbonyl (C=O) groups excluding carboxylic acids is 3. The van der Waals surface area contributed by atoms with Gasteiger partial charge >= 0.3 is 11.9 Å². The summed E-state index contributed by atoms with van der Waals surface area (Å²) in [4.78, 5) is 33.6. The monoisotopic (exact) mass is 314 g/mol. The maximum absolute atomic E-state index is 11.5. The van der Waals surface area contributed by atoms with Crippen molar-refractivity contribution in [1.29, 1.82) is 0 Å². The van der Waals surface area contributed by atoms with Gasteiger partial charge in [-0.15, -0.1) is 0 Å². The van der Waals surface area contributed by atoms with Gasteiger partial charge in [0.1, 0.15) is 0 Å². The lowest BCUT2D eigenvalue weighted by molar-refractivity contribution is -0.154. The molecule has 0 fully saturated rings. The van der Waals surface area contributed by atoms with Gasteiger partial charge in [0, 0.05) is 10.0 Å². The van der Waals surface area contributed by atoms with Crippen molar-refractivity contribution < 1.29 is 19.1 Å². The Labute approximate surface area is 112 Å². The molecule has 2 amide bonds. The van der Waals surface area contributed by atoms with Crippen LogP contribution in [0.1, 0.15) is 17.3 Å². The van der Waals surface area contributed by atoms with Crippen LogP contribution in [0.15, 0.2) is 28.7 Å². The molecule has 0 atom stereocenters. The molecule has 1 aromatic carbocycles. The van der Waals surface area contributed by atoms with Crippen LogP contribution in [0.5, 0.6) is 0 Å². The molecule has 2 N–H and O–H groups in total. The minimum Gasteiger partial charge on any atom is -0.459 e. The summed E-state index contributed by atoms with van der Waals surface area (Å²) in [5.41, 5.74) is 4.41. The van der Waals surface area contributed by atoms with Crippen LogP contribution in [0.4, 0.5) is 0 Å². The largest absolute Gasteiger partial charge is 0.459 e. The first-order chi connectivity index (χ1) is 8.54. The molecule has 0 aliphatic heterocycles. The number of hydrogen-bond acceptors (Lipinski definition) is 4. The van der Waals surface area contributed by atoms with Crippen LogP contribution in [0, 0.1) is 0 Å². The minimum absolute atomic E-state index is 0.0902. The molecule has 18 heavy (non-hydrogen) atoms. The van der Waals surface area contributed by atoms with Crippen molar-refractivity contribution >= 4 is 33.7 Å². The Kier molecular flexibility index (Phi) is 5.31. The molecule has 0 heterocycles. The van der Waals surface area contributed by atoms with Gasteiger partial charge in [-0.05, 0) is 31.2 Å². The maximum atomic E-state index is 11.5. The highest BCUT2D eigenvalue weighted by Gasteiger charge is 2.15. The molecule has 1 rings (SSSR count). The molecule has 96 valence electrons. The van der Waals surface area contributed by atoms with E-state index in [2.05, 4.69) is 26.1 Å². The van der Waals surface area contributed by atoms with E-state index < -0.39 is 17.8 Å². The second kappa shape index (κ2) is 6.75. The summed E-state index contributed by atoms with van der Waals surface area (Å²) in [5, 5.41) is 0. The Morgan fingerprint density at radius 1 is 1.17 bits per heavy atom. The van der Waals surface area contributed by atoms with Gasteiger partial charge in [-0.3, -0.25) is 20.4 Å². The molecule has 0 saturated carbocycles. The number of amides is 2. The third kappa shape index (κ3) is 4.17. The molecule has 0 aliphatic carbocycles. The highest BCUT2D eigenvalue weighted by Crippen LogP contribution is 2.09. The highest BCUT2D eigenvalue weighted by atomic mass is 79.9. The Morgan fingerprint density at radius 2 is 1.78 bits per heavy atom. The van der Waals surface area contributed by atoms with Crippen molar-refractivity contribution in [1.82, 2.24) is 10.9 Å². The molecule has 0 saturated heterocycles. The molecule has 7 heteroatoms. The van der Waals surface area contributed by atoms with Gasteiger partial charge < -0.3 is 4.74 Å². The number of carbonyl (C=O) groups is 3. The van der Waals surface area contributed by atoms with E-state index >= 15 is 0 Å². The van der Waals surface area contributed by atoms with Crippen molar-refractivity contribution in [2.75, 3.05) is 6.61 Å². The van der Waals surface area contributed by atoms with E-state index in [4.69, 9.17) is 0 Å². The van der Waals surface area contributed by atoms with Crippen LogP contribution in [0.25, 0.3) is 0 Å². The summed E-state index contributed by atoms with van der Waals surface area (Å²) in [6.45, 7) is 1.67. The van der Waals surface area contributed by atoms with E-state index in [1.807, 2.05) is 5.43 Å². The van der Waals surface area contributed by atoms with E-state index in [1.54, 1.807) is 31.2 Å². The van der Waals surface area contributed by atoms with Gasteiger partial charge in [0.05, 0.1) is 6.61 Å². The SMILES string of the molecule is CCOC(=O)C(=O)NNC(=O)c1ccc(Br)cc1. The predicted molar refractivity (Wildman–Crippen MR) is 66.4 cm³/mol. The van der Waals surface area contributed by atoms with Gasteiger partial charge in [-0.2, -0.15) is 0 Å². The fourth-order valence-corrected chi connectivity index (χ4v) is 1.30. The van der Waals surface area contributed by atoms with Gasteiger partial charge in [0.25, 0.3) is 5.91 Å². The zero-order valence-electron chi connectivity index (χ0n) is 9.53. The first-order valence-corrected chi connectivity index (χ1v) is 5.87. The van der Waals surface area contributed by atoms with E-state index in [1.165, 1.54) is 0 Å². The van der Waals surface area contributed by atoms with Gasteiger partial charge in [-0.1, -0.05) is 15.9 Å². The third-order valence-corrected chi connectivity index (χ3v) is 2.39. The van der Waals surface area contributed by atoms with E-state index in [9.17, 15) is 14.4 Å². The Morgan fingerprint density at radius 3 is 2.33 bits per heavy atom. The Balaban J connectivity index is 2.49. The lowest BCUT2D eigenvalue weighted by Gasteiger charge is -2.06. The van der Waals surface area contributed by atoms with Crippen LogP contribution < -0.4 is 10.9 Å². The molecule has 0 bridgehead atoms. The number of halogens is 1. The van der Waals surface area contributed by atoms with Crippen molar-refractivity contribution in [2.45, 2.75) is 6.92 Å². The maximum Gasteiger partial charge on any atom is 0.398 e. The van der Waals surface area contributed by atoms with Gasteiger partial charge in [0.15, 0.2) is 0 Å². The number of benzene rings is 1. The van der Waals surface area contributed by atoms with Crippen LogP contribution in [-0.2, 0) is 14.3 Å². The summed E-state index contributed by atoms with van der Waals surface area (Å²) in [7, 11) is 0. The van der Waals surface area contributed by atoms with Crippen LogP contribution in [0.3, 0.4) is 0 Å². The summed E-state index contributed by atoms with van der Waals surface area (Å²) in [6, 6.07) is 6.50. The smallest absolute Gasteiger partial charge is 0.398 e. The van der Waals surface area contributed by atoms with Gasteiger partial charge in [-0.25, -0.2) is 4.79 Å². The molecule has 0 spiro atoms. The summed E-state index contributed by atoms with van der Waals surface area (Å²) in [6.07, 6.45) is 0. The van der Waals surface area contributed by atoms with Crippen molar-refractivity contribution in [3.05, 3.63) is 34.3 Å². The zero-order chi connectivity index (χ0) is 13.5. The molecular formula is C11H11BrN2O4. The standard InChI is InChI=1S/C11H11BrN2O4/c1-2-18-11(17)10(16)14-13-9(15)7-3-5-8(12)6-4-7/h3-6H,2H2,1H3,(H,13,15)(H,14,16). The van der Waals surface area contributed by atoms with Crippen molar-refractivity contribution in [3.63, 3.8) is 0 Å². The van der Waals surface area contributed by atoms with Crippen LogP contribution in [-0.4, -0.2) is 24.4 Å². The number of nitrogens with one attached hydrogen (secondary N) is 2. The van der Waals surface area contributed by atoms with Crippen molar-refractivity contribution in [2.24, 2.45) is 0 Å². The molecular weight excluding hydrogens is 304 g/mol. The molecule has 0 aliphatic rings.